The average Bonchev–Trinajstić information content (AvgIpc) is 3.19. The van der Waals surface area contributed by atoms with E-state index in [-0.39, 0.29) is 30.5 Å². The van der Waals surface area contributed by atoms with Gasteiger partial charge in [-0.25, -0.2) is 0 Å². The number of aliphatic hydroxyl groups excluding tert-OH is 1. The van der Waals surface area contributed by atoms with Crippen LogP contribution in [0.25, 0.3) is 0 Å². The first-order chi connectivity index (χ1) is 14.2. The molecular formula is C25H42O5. The Morgan fingerprint density at radius 3 is 2.53 bits per heavy atom. The second-order valence-corrected chi connectivity index (χ2v) is 10.3. The molecule has 5 nitrogen and oxygen atoms in total. The number of hydrogen-bond donors (Lipinski definition) is 2. The van der Waals surface area contributed by atoms with E-state index in [2.05, 4.69) is 20.8 Å². The standard InChI is InChI=1S/C25H42O5/c1-4-5-6-22(25(3)13-11-20(27)16-23(25)28)21(12-14-26)19-9-8-18(15-19)17(2)7-10-24(29)30/h14,17-22,27H,4-13,15-16H2,1-3H3,(H,29,30)/t17-,18+,19?,20+,21?,22?,25-/m1/s1. The van der Waals surface area contributed by atoms with Crippen molar-refractivity contribution in [3.8, 4) is 0 Å². The van der Waals surface area contributed by atoms with Gasteiger partial charge in [0.15, 0.2) is 0 Å². The molecule has 0 aromatic rings. The number of carbonyl (C=O) groups excluding carboxylic acids is 2. The Bertz CT molecular complexity index is 588. The smallest absolute Gasteiger partial charge is 0.303 e. The summed E-state index contributed by atoms with van der Waals surface area (Å²) in [6.07, 6.45) is 9.83. The van der Waals surface area contributed by atoms with Gasteiger partial charge in [0.2, 0.25) is 0 Å². The number of aliphatic hydroxyl groups is 1. The molecule has 2 N–H and O–H groups in total. The quantitative estimate of drug-likeness (QED) is 0.430. The van der Waals surface area contributed by atoms with Gasteiger partial charge in [0, 0.05) is 24.7 Å². The molecule has 0 amide bonds. The summed E-state index contributed by atoms with van der Waals surface area (Å²) in [4.78, 5) is 35.7. The van der Waals surface area contributed by atoms with Crippen LogP contribution in [0.2, 0.25) is 0 Å². The number of hydrogen-bond acceptors (Lipinski definition) is 4. The summed E-state index contributed by atoms with van der Waals surface area (Å²) in [7, 11) is 0. The maximum absolute atomic E-state index is 13.1. The Kier molecular flexibility index (Phi) is 9.52. The molecule has 7 atom stereocenters. The van der Waals surface area contributed by atoms with Crippen LogP contribution in [0.5, 0.6) is 0 Å². The zero-order chi connectivity index (χ0) is 22.3. The van der Waals surface area contributed by atoms with Gasteiger partial charge >= 0.3 is 5.97 Å². The highest BCUT2D eigenvalue weighted by Crippen LogP contribution is 2.52. The molecule has 5 heteroatoms. The SMILES string of the molecule is CCCCC(C(CC=O)C1CC[C@H]([C@H](C)CCC(=O)O)C1)[C@@]1(C)CC[C@H](O)CC1=O. The van der Waals surface area contributed by atoms with Gasteiger partial charge in [-0.3, -0.25) is 9.59 Å². The Hall–Kier alpha value is -1.23. The predicted octanol–water partition coefficient (Wildman–Crippen LogP) is 5.04. The third kappa shape index (κ3) is 6.15. The van der Waals surface area contributed by atoms with E-state index in [1.54, 1.807) is 0 Å². The van der Waals surface area contributed by atoms with Gasteiger partial charge in [0.1, 0.15) is 12.1 Å². The average molecular weight is 423 g/mol. The minimum Gasteiger partial charge on any atom is -0.481 e. The molecule has 0 aliphatic heterocycles. The third-order valence-corrected chi connectivity index (χ3v) is 8.36. The molecule has 3 unspecified atom stereocenters. The minimum absolute atomic E-state index is 0.169. The molecule has 2 rings (SSSR count). The molecule has 0 bridgehead atoms. The van der Waals surface area contributed by atoms with Gasteiger partial charge in [-0.15, -0.1) is 0 Å². The van der Waals surface area contributed by atoms with Crippen LogP contribution in [0.1, 0.15) is 97.8 Å². The summed E-state index contributed by atoms with van der Waals surface area (Å²) in [5, 5.41) is 19.0. The number of ketones is 1. The summed E-state index contributed by atoms with van der Waals surface area (Å²) in [6.45, 7) is 6.41. The minimum atomic E-state index is -0.735. The van der Waals surface area contributed by atoms with Crippen LogP contribution in [-0.2, 0) is 14.4 Å². The third-order valence-electron chi connectivity index (χ3n) is 8.36. The topological polar surface area (TPSA) is 91.7 Å². The number of aldehydes is 1. The Morgan fingerprint density at radius 1 is 1.23 bits per heavy atom. The number of carboxylic acid groups (broad SMARTS) is 1. The van der Waals surface area contributed by atoms with Gasteiger partial charge in [-0.2, -0.15) is 0 Å². The molecule has 2 aliphatic carbocycles. The van der Waals surface area contributed by atoms with Crippen molar-refractivity contribution >= 4 is 18.0 Å². The van der Waals surface area contributed by atoms with Crippen molar-refractivity contribution in [3.05, 3.63) is 0 Å². The van der Waals surface area contributed by atoms with Crippen LogP contribution in [0.15, 0.2) is 0 Å². The van der Waals surface area contributed by atoms with Gasteiger partial charge in [0.05, 0.1) is 6.10 Å². The normalized spacial score (nSPS) is 32.5. The molecule has 0 saturated heterocycles. The van der Waals surface area contributed by atoms with Crippen molar-refractivity contribution in [1.82, 2.24) is 0 Å². The highest BCUT2D eigenvalue weighted by molar-refractivity contribution is 5.86. The molecule has 0 aromatic heterocycles. The number of Topliss-reactive ketones (excluding diaryl/α,β-unsaturated/α-hetero) is 1. The van der Waals surface area contributed by atoms with Crippen molar-refractivity contribution in [1.29, 1.82) is 0 Å². The largest absolute Gasteiger partial charge is 0.481 e. The van der Waals surface area contributed by atoms with Crippen molar-refractivity contribution in [2.75, 3.05) is 0 Å². The van der Waals surface area contributed by atoms with Gasteiger partial charge < -0.3 is 15.0 Å². The number of aliphatic carboxylic acids is 1. The van der Waals surface area contributed by atoms with E-state index in [0.717, 1.165) is 44.8 Å². The number of unbranched alkanes of at least 4 members (excludes halogenated alkanes) is 1. The fourth-order valence-corrected chi connectivity index (χ4v) is 6.32. The van der Waals surface area contributed by atoms with Crippen LogP contribution in [0, 0.1) is 35.0 Å². The highest BCUT2D eigenvalue weighted by atomic mass is 16.4. The van der Waals surface area contributed by atoms with Gasteiger partial charge in [-0.05, 0) is 74.5 Å². The van der Waals surface area contributed by atoms with E-state index in [4.69, 9.17) is 5.11 Å². The van der Waals surface area contributed by atoms with Crippen molar-refractivity contribution in [2.45, 2.75) is 104 Å². The first kappa shape index (κ1) is 25.0. The second kappa shape index (κ2) is 11.4. The van der Waals surface area contributed by atoms with Gasteiger partial charge in [0.25, 0.3) is 0 Å². The van der Waals surface area contributed by atoms with Crippen molar-refractivity contribution in [2.24, 2.45) is 35.0 Å². The van der Waals surface area contributed by atoms with E-state index in [0.29, 0.717) is 43.4 Å². The molecule has 0 heterocycles. The van der Waals surface area contributed by atoms with Crippen LogP contribution in [0.3, 0.4) is 0 Å². The lowest BCUT2D eigenvalue weighted by Gasteiger charge is -2.46. The van der Waals surface area contributed by atoms with Crippen LogP contribution in [0.4, 0.5) is 0 Å². The lowest BCUT2D eigenvalue weighted by molar-refractivity contribution is -0.141. The van der Waals surface area contributed by atoms with Gasteiger partial charge in [-0.1, -0.05) is 33.6 Å². The van der Waals surface area contributed by atoms with Crippen molar-refractivity contribution in [3.63, 3.8) is 0 Å². The van der Waals surface area contributed by atoms with Crippen molar-refractivity contribution < 1.29 is 24.6 Å². The fraction of sp³-hybridized carbons (Fsp3) is 0.880. The lowest BCUT2D eigenvalue weighted by Crippen LogP contribution is -2.46. The zero-order valence-corrected chi connectivity index (χ0v) is 19.1. The van der Waals surface area contributed by atoms with E-state index < -0.39 is 17.5 Å². The summed E-state index contributed by atoms with van der Waals surface area (Å²) in [5.74, 6) is 1.12. The first-order valence-electron chi connectivity index (χ1n) is 12.1. The van der Waals surface area contributed by atoms with E-state index in [1.165, 1.54) is 0 Å². The molecular weight excluding hydrogens is 380 g/mol. The molecule has 30 heavy (non-hydrogen) atoms. The zero-order valence-electron chi connectivity index (χ0n) is 19.1. The lowest BCUT2D eigenvalue weighted by atomic mass is 9.58. The van der Waals surface area contributed by atoms with E-state index in [1.807, 2.05) is 0 Å². The summed E-state index contributed by atoms with van der Waals surface area (Å²) in [5.41, 5.74) is -0.449. The van der Waals surface area contributed by atoms with E-state index in [9.17, 15) is 19.5 Å². The summed E-state index contributed by atoms with van der Waals surface area (Å²) in [6, 6.07) is 0. The Labute approximate surface area is 182 Å². The maximum Gasteiger partial charge on any atom is 0.303 e. The molecule has 0 aromatic carbocycles. The molecule has 2 aliphatic rings. The molecule has 0 spiro atoms. The van der Waals surface area contributed by atoms with E-state index >= 15 is 0 Å². The highest BCUT2D eigenvalue weighted by Gasteiger charge is 2.49. The first-order valence-corrected chi connectivity index (χ1v) is 12.1. The Morgan fingerprint density at radius 2 is 1.93 bits per heavy atom. The van der Waals surface area contributed by atoms with Crippen LogP contribution < -0.4 is 0 Å². The predicted molar refractivity (Wildman–Crippen MR) is 117 cm³/mol. The maximum atomic E-state index is 13.1. The summed E-state index contributed by atoms with van der Waals surface area (Å²) < 4.78 is 0. The Balaban J connectivity index is 2.18. The van der Waals surface area contributed by atoms with Crippen LogP contribution in [-0.4, -0.2) is 34.4 Å². The van der Waals surface area contributed by atoms with Crippen LogP contribution >= 0.6 is 0 Å². The monoisotopic (exact) mass is 422 g/mol. The molecule has 2 saturated carbocycles. The molecule has 172 valence electrons. The number of carbonyl (C=O) groups is 3. The number of carboxylic acids is 1. The molecule has 2 fully saturated rings. The summed E-state index contributed by atoms with van der Waals surface area (Å²) >= 11 is 0. The fourth-order valence-electron chi connectivity index (χ4n) is 6.32. The second-order valence-electron chi connectivity index (χ2n) is 10.3. The molecule has 0 radical (unpaired) electrons. The number of rotatable bonds is 12.